The van der Waals surface area contributed by atoms with Crippen LogP contribution in [0.3, 0.4) is 0 Å². The number of morpholine rings is 1. The normalized spacial score (nSPS) is 15.4. The molecule has 2 heterocycles. The summed E-state index contributed by atoms with van der Waals surface area (Å²) in [5, 5.41) is 8.76. The molecule has 1 aliphatic heterocycles. The summed E-state index contributed by atoms with van der Waals surface area (Å²) >= 11 is 0. The predicted octanol–water partition coefficient (Wildman–Crippen LogP) is 2.60. The molecule has 0 atom stereocenters. The van der Waals surface area contributed by atoms with Crippen molar-refractivity contribution in [1.29, 1.82) is 0 Å². The average Bonchev–Trinajstić information content (AvgIpc) is 2.51. The van der Waals surface area contributed by atoms with Crippen molar-refractivity contribution in [2.24, 2.45) is 0 Å². The molecule has 0 unspecified atom stereocenters. The maximum absolute atomic E-state index is 5.35. The number of nitrogens with zero attached hydrogens (tertiary/aromatic N) is 3. The van der Waals surface area contributed by atoms with Crippen molar-refractivity contribution in [1.82, 2.24) is 10.2 Å². The van der Waals surface area contributed by atoms with Crippen LogP contribution in [-0.2, 0) is 4.74 Å². The lowest BCUT2D eigenvalue weighted by atomic mass is 10.0. The van der Waals surface area contributed by atoms with Crippen molar-refractivity contribution >= 4 is 5.82 Å². The van der Waals surface area contributed by atoms with Crippen molar-refractivity contribution < 1.29 is 4.74 Å². The Balaban J connectivity index is 1.87. The predicted molar refractivity (Wildman–Crippen MR) is 80.0 cm³/mol. The molecule has 4 heteroatoms. The van der Waals surface area contributed by atoms with Gasteiger partial charge in [-0.15, -0.1) is 10.2 Å². The minimum Gasteiger partial charge on any atom is -0.378 e. The molecule has 104 valence electrons. The summed E-state index contributed by atoms with van der Waals surface area (Å²) in [6, 6.07) is 10.4. The highest BCUT2D eigenvalue weighted by molar-refractivity contribution is 5.65. The smallest absolute Gasteiger partial charge is 0.151 e. The lowest BCUT2D eigenvalue weighted by molar-refractivity contribution is 0.122. The van der Waals surface area contributed by atoms with E-state index in [1.165, 1.54) is 11.1 Å². The van der Waals surface area contributed by atoms with Crippen molar-refractivity contribution in [2.75, 3.05) is 31.2 Å². The third-order valence-corrected chi connectivity index (χ3v) is 3.87. The molecule has 1 aromatic carbocycles. The van der Waals surface area contributed by atoms with Crippen LogP contribution in [0, 0.1) is 13.8 Å². The molecule has 4 nitrogen and oxygen atoms in total. The van der Waals surface area contributed by atoms with Gasteiger partial charge in [0, 0.05) is 18.7 Å². The third-order valence-electron chi connectivity index (χ3n) is 3.87. The Morgan fingerprint density at radius 2 is 1.80 bits per heavy atom. The van der Waals surface area contributed by atoms with E-state index in [0.29, 0.717) is 0 Å². The molecule has 3 rings (SSSR count). The van der Waals surface area contributed by atoms with Crippen molar-refractivity contribution in [3.8, 4) is 11.3 Å². The van der Waals surface area contributed by atoms with E-state index >= 15 is 0 Å². The van der Waals surface area contributed by atoms with Crippen LogP contribution in [0.4, 0.5) is 5.82 Å². The molecule has 0 aliphatic carbocycles. The second kappa shape index (κ2) is 5.59. The molecule has 2 aromatic rings. The third kappa shape index (κ3) is 2.51. The van der Waals surface area contributed by atoms with Gasteiger partial charge in [0.05, 0.1) is 18.9 Å². The van der Waals surface area contributed by atoms with Gasteiger partial charge in [0.25, 0.3) is 0 Å². The zero-order valence-electron chi connectivity index (χ0n) is 12.0. The minimum absolute atomic E-state index is 0.764. The van der Waals surface area contributed by atoms with Gasteiger partial charge in [-0.2, -0.15) is 0 Å². The summed E-state index contributed by atoms with van der Waals surface area (Å²) in [5.41, 5.74) is 4.64. The van der Waals surface area contributed by atoms with Crippen molar-refractivity contribution in [3.05, 3.63) is 41.5 Å². The fraction of sp³-hybridized carbons (Fsp3) is 0.375. The molecular weight excluding hydrogens is 250 g/mol. The monoisotopic (exact) mass is 269 g/mol. The van der Waals surface area contributed by atoms with E-state index in [0.717, 1.165) is 43.4 Å². The number of anilines is 1. The standard InChI is InChI=1S/C16H19N3O/c1-12-4-3-5-14(13(12)2)15-6-7-16(18-17-15)19-8-10-20-11-9-19/h3-7H,8-11H2,1-2H3. The van der Waals surface area contributed by atoms with Gasteiger partial charge in [-0.1, -0.05) is 18.2 Å². The van der Waals surface area contributed by atoms with E-state index in [4.69, 9.17) is 4.74 Å². The van der Waals surface area contributed by atoms with Crippen molar-refractivity contribution in [3.63, 3.8) is 0 Å². The van der Waals surface area contributed by atoms with E-state index in [-0.39, 0.29) is 0 Å². The summed E-state index contributed by atoms with van der Waals surface area (Å²) < 4.78 is 5.35. The van der Waals surface area contributed by atoms with E-state index in [9.17, 15) is 0 Å². The highest BCUT2D eigenvalue weighted by Crippen LogP contribution is 2.24. The first-order valence-corrected chi connectivity index (χ1v) is 6.99. The highest BCUT2D eigenvalue weighted by Gasteiger charge is 2.13. The van der Waals surface area contributed by atoms with Crippen LogP contribution in [0.1, 0.15) is 11.1 Å². The zero-order chi connectivity index (χ0) is 13.9. The summed E-state index contributed by atoms with van der Waals surface area (Å²) in [7, 11) is 0. The van der Waals surface area contributed by atoms with Crippen LogP contribution in [-0.4, -0.2) is 36.5 Å². The lowest BCUT2D eigenvalue weighted by Crippen LogP contribution is -2.36. The topological polar surface area (TPSA) is 38.2 Å². The molecule has 20 heavy (non-hydrogen) atoms. The van der Waals surface area contributed by atoms with Gasteiger partial charge in [0.2, 0.25) is 0 Å². The van der Waals surface area contributed by atoms with Gasteiger partial charge in [-0.05, 0) is 37.1 Å². The van der Waals surface area contributed by atoms with E-state index in [1.54, 1.807) is 0 Å². The number of benzene rings is 1. The summed E-state index contributed by atoms with van der Waals surface area (Å²) in [4.78, 5) is 2.21. The Labute approximate surface area is 119 Å². The van der Waals surface area contributed by atoms with Crippen LogP contribution in [0.5, 0.6) is 0 Å². The maximum atomic E-state index is 5.35. The number of ether oxygens (including phenoxy) is 1. The SMILES string of the molecule is Cc1cccc(-c2ccc(N3CCOCC3)nn2)c1C. The largest absolute Gasteiger partial charge is 0.378 e. The fourth-order valence-electron chi connectivity index (χ4n) is 2.46. The number of aromatic nitrogens is 2. The second-order valence-corrected chi connectivity index (χ2v) is 5.12. The molecule has 1 saturated heterocycles. The first-order chi connectivity index (χ1) is 9.75. The van der Waals surface area contributed by atoms with E-state index < -0.39 is 0 Å². The Morgan fingerprint density at radius 3 is 2.50 bits per heavy atom. The molecule has 0 radical (unpaired) electrons. The molecule has 0 spiro atoms. The van der Waals surface area contributed by atoms with Crippen LogP contribution in [0.25, 0.3) is 11.3 Å². The molecule has 0 N–H and O–H groups in total. The number of hydrogen-bond donors (Lipinski definition) is 0. The number of aryl methyl sites for hydroxylation is 1. The van der Waals surface area contributed by atoms with E-state index in [1.807, 2.05) is 0 Å². The quantitative estimate of drug-likeness (QED) is 0.840. The van der Waals surface area contributed by atoms with Gasteiger partial charge in [-0.3, -0.25) is 0 Å². The second-order valence-electron chi connectivity index (χ2n) is 5.12. The van der Waals surface area contributed by atoms with Crippen molar-refractivity contribution in [2.45, 2.75) is 13.8 Å². The maximum Gasteiger partial charge on any atom is 0.151 e. The zero-order valence-corrected chi connectivity index (χ0v) is 12.0. The first kappa shape index (κ1) is 13.1. The Bertz CT molecular complexity index is 589. The number of rotatable bonds is 2. The van der Waals surface area contributed by atoms with Gasteiger partial charge in [0.1, 0.15) is 0 Å². The fourth-order valence-corrected chi connectivity index (χ4v) is 2.46. The van der Waals surface area contributed by atoms with Gasteiger partial charge in [0.15, 0.2) is 5.82 Å². The Hall–Kier alpha value is -1.94. The minimum atomic E-state index is 0.764. The van der Waals surface area contributed by atoms with Gasteiger partial charge < -0.3 is 9.64 Å². The van der Waals surface area contributed by atoms with Crippen LogP contribution in [0.15, 0.2) is 30.3 Å². The summed E-state index contributed by atoms with van der Waals surface area (Å²) in [6.45, 7) is 7.55. The van der Waals surface area contributed by atoms with Gasteiger partial charge in [-0.25, -0.2) is 0 Å². The van der Waals surface area contributed by atoms with E-state index in [2.05, 4.69) is 59.3 Å². The molecular formula is C16H19N3O. The number of hydrogen-bond acceptors (Lipinski definition) is 4. The molecule has 1 fully saturated rings. The molecule has 1 aromatic heterocycles. The Kier molecular flexibility index (Phi) is 3.65. The average molecular weight is 269 g/mol. The van der Waals surface area contributed by atoms with Crippen LogP contribution < -0.4 is 4.90 Å². The Morgan fingerprint density at radius 1 is 1.00 bits per heavy atom. The lowest BCUT2D eigenvalue weighted by Gasteiger charge is -2.27. The van der Waals surface area contributed by atoms with Crippen LogP contribution >= 0.6 is 0 Å². The summed E-state index contributed by atoms with van der Waals surface area (Å²) in [6.07, 6.45) is 0. The van der Waals surface area contributed by atoms with Gasteiger partial charge >= 0.3 is 0 Å². The molecule has 0 amide bonds. The highest BCUT2D eigenvalue weighted by atomic mass is 16.5. The summed E-state index contributed by atoms with van der Waals surface area (Å²) in [5.74, 6) is 0.933. The first-order valence-electron chi connectivity index (χ1n) is 6.99. The van der Waals surface area contributed by atoms with Crippen LogP contribution in [0.2, 0.25) is 0 Å². The molecule has 1 aliphatic rings. The molecule has 0 bridgehead atoms. The molecule has 0 saturated carbocycles.